The van der Waals surface area contributed by atoms with Crippen molar-refractivity contribution in [1.29, 1.82) is 5.26 Å². The summed E-state index contributed by atoms with van der Waals surface area (Å²) in [6.07, 6.45) is 5.18. The fourth-order valence-electron chi connectivity index (χ4n) is 5.26. The molecule has 1 aromatic heterocycles. The van der Waals surface area contributed by atoms with Crippen LogP contribution in [0.2, 0.25) is 0 Å². The van der Waals surface area contributed by atoms with Crippen LogP contribution < -0.4 is 15.0 Å². The van der Waals surface area contributed by atoms with E-state index in [4.69, 9.17) is 15.1 Å². The second-order valence-corrected chi connectivity index (χ2v) is 10.4. The highest BCUT2D eigenvalue weighted by Gasteiger charge is 2.23. The Kier molecular flexibility index (Phi) is 8.57. The van der Waals surface area contributed by atoms with Gasteiger partial charge >= 0.3 is 5.97 Å². The number of anilines is 1. The minimum absolute atomic E-state index is 0.0939. The molecule has 0 bridgehead atoms. The summed E-state index contributed by atoms with van der Waals surface area (Å²) in [5.74, 6) is -0.430. The topological polar surface area (TPSA) is 119 Å². The van der Waals surface area contributed by atoms with Crippen LogP contribution in [0, 0.1) is 11.3 Å². The maximum Gasteiger partial charge on any atom is 0.335 e. The summed E-state index contributed by atoms with van der Waals surface area (Å²) in [6, 6.07) is 20.4. The first-order chi connectivity index (χ1) is 19.5. The van der Waals surface area contributed by atoms with Gasteiger partial charge in [0.25, 0.3) is 5.91 Å². The molecule has 2 aliphatic heterocycles. The lowest BCUT2D eigenvalue weighted by molar-refractivity contribution is 0.0696. The molecule has 0 saturated carbocycles. The summed E-state index contributed by atoms with van der Waals surface area (Å²) in [4.78, 5) is 32.8. The molecule has 206 valence electrons. The zero-order valence-corrected chi connectivity index (χ0v) is 22.3. The number of nitrogens with zero attached hydrogens (tertiary/aromatic N) is 4. The molecule has 3 aromatic rings. The Labute approximate surface area is 234 Å². The number of carbonyl (C=O) groups is 2. The molecule has 2 aromatic carbocycles. The first-order valence-corrected chi connectivity index (χ1v) is 13.7. The van der Waals surface area contributed by atoms with E-state index < -0.39 is 5.97 Å². The van der Waals surface area contributed by atoms with Gasteiger partial charge in [0.2, 0.25) is 0 Å². The average Bonchev–Trinajstić information content (AvgIpc) is 2.99. The van der Waals surface area contributed by atoms with Gasteiger partial charge in [0.05, 0.1) is 23.4 Å². The number of rotatable bonds is 8. The minimum Gasteiger partial charge on any atom is -0.489 e. The summed E-state index contributed by atoms with van der Waals surface area (Å²) < 4.78 is 6.14. The molecule has 3 heterocycles. The number of hydrogen-bond donors (Lipinski definition) is 2. The SMILES string of the molecule is N#Cc1ccc(N2CCC(Oc3ccc(C(=O)NC4CCN(Cc5ccc(C(=O)O)cc5)CC4)nc3)CC2)cc1. The number of hydrogen-bond acceptors (Lipinski definition) is 7. The number of piperidine rings is 2. The third kappa shape index (κ3) is 6.96. The molecule has 2 aliphatic rings. The number of nitrogens with one attached hydrogen (secondary N) is 1. The van der Waals surface area contributed by atoms with Crippen molar-refractivity contribution >= 4 is 17.6 Å². The summed E-state index contributed by atoms with van der Waals surface area (Å²) in [6.45, 7) is 4.23. The van der Waals surface area contributed by atoms with Gasteiger partial charge in [-0.15, -0.1) is 0 Å². The van der Waals surface area contributed by atoms with Crippen LogP contribution >= 0.6 is 0 Å². The largest absolute Gasteiger partial charge is 0.489 e. The van der Waals surface area contributed by atoms with Gasteiger partial charge in [-0.05, 0) is 66.9 Å². The van der Waals surface area contributed by atoms with E-state index in [1.54, 1.807) is 24.4 Å². The van der Waals surface area contributed by atoms with E-state index in [2.05, 4.69) is 26.2 Å². The molecule has 40 heavy (non-hydrogen) atoms. The summed E-state index contributed by atoms with van der Waals surface area (Å²) in [5, 5.41) is 21.1. The molecule has 0 aliphatic carbocycles. The number of ether oxygens (including phenoxy) is 1. The molecule has 9 heteroatoms. The number of likely N-dealkylation sites (tertiary alicyclic amines) is 1. The Balaban J connectivity index is 1.03. The Morgan fingerprint density at radius 2 is 1.65 bits per heavy atom. The van der Waals surface area contributed by atoms with Crippen LogP contribution in [0.25, 0.3) is 0 Å². The Bertz CT molecular complexity index is 1340. The van der Waals surface area contributed by atoms with Gasteiger partial charge in [0.1, 0.15) is 17.5 Å². The number of pyridine rings is 1. The van der Waals surface area contributed by atoms with E-state index in [-0.39, 0.29) is 18.1 Å². The minimum atomic E-state index is -0.919. The second-order valence-electron chi connectivity index (χ2n) is 10.4. The van der Waals surface area contributed by atoms with Crippen molar-refractivity contribution in [3.63, 3.8) is 0 Å². The van der Waals surface area contributed by atoms with Crippen molar-refractivity contribution in [2.45, 2.75) is 44.4 Å². The van der Waals surface area contributed by atoms with Gasteiger partial charge in [-0.25, -0.2) is 9.78 Å². The molecule has 2 fully saturated rings. The van der Waals surface area contributed by atoms with Crippen molar-refractivity contribution < 1.29 is 19.4 Å². The van der Waals surface area contributed by atoms with Crippen molar-refractivity contribution in [2.75, 3.05) is 31.1 Å². The molecule has 0 spiro atoms. The Morgan fingerprint density at radius 3 is 2.25 bits per heavy atom. The number of aromatic carboxylic acids is 1. The smallest absolute Gasteiger partial charge is 0.335 e. The fourth-order valence-corrected chi connectivity index (χ4v) is 5.26. The van der Waals surface area contributed by atoms with Gasteiger partial charge in [0.15, 0.2) is 0 Å². The Hall–Kier alpha value is -4.42. The van der Waals surface area contributed by atoms with E-state index in [0.29, 0.717) is 22.6 Å². The van der Waals surface area contributed by atoms with E-state index in [0.717, 1.165) is 69.7 Å². The van der Waals surface area contributed by atoms with Crippen molar-refractivity contribution in [3.8, 4) is 11.8 Å². The number of carboxylic acids is 1. The number of aromatic nitrogens is 1. The van der Waals surface area contributed by atoms with Crippen LogP contribution in [-0.2, 0) is 6.54 Å². The predicted molar refractivity (Wildman–Crippen MR) is 150 cm³/mol. The lowest BCUT2D eigenvalue weighted by Crippen LogP contribution is -2.44. The van der Waals surface area contributed by atoms with Crippen LogP contribution in [0.5, 0.6) is 5.75 Å². The maximum atomic E-state index is 12.8. The van der Waals surface area contributed by atoms with Crippen molar-refractivity contribution in [1.82, 2.24) is 15.2 Å². The molecule has 0 atom stereocenters. The zero-order chi connectivity index (χ0) is 27.9. The van der Waals surface area contributed by atoms with Crippen LogP contribution in [0.4, 0.5) is 5.69 Å². The monoisotopic (exact) mass is 539 g/mol. The van der Waals surface area contributed by atoms with Crippen LogP contribution in [0.15, 0.2) is 66.9 Å². The van der Waals surface area contributed by atoms with Crippen LogP contribution in [-0.4, -0.2) is 65.2 Å². The van der Waals surface area contributed by atoms with Gasteiger partial charge in [0, 0.05) is 57.3 Å². The third-order valence-electron chi connectivity index (χ3n) is 7.61. The molecule has 2 N–H and O–H groups in total. The van der Waals surface area contributed by atoms with Gasteiger partial charge < -0.3 is 20.1 Å². The summed E-state index contributed by atoms with van der Waals surface area (Å²) in [7, 11) is 0. The lowest BCUT2D eigenvalue weighted by atomic mass is 10.0. The van der Waals surface area contributed by atoms with E-state index in [1.165, 1.54) is 0 Å². The van der Waals surface area contributed by atoms with Crippen molar-refractivity contribution in [3.05, 3.63) is 89.2 Å². The van der Waals surface area contributed by atoms with Gasteiger partial charge in [-0.1, -0.05) is 12.1 Å². The third-order valence-corrected chi connectivity index (χ3v) is 7.61. The summed E-state index contributed by atoms with van der Waals surface area (Å²) >= 11 is 0. The normalized spacial score (nSPS) is 16.7. The molecular weight excluding hydrogens is 506 g/mol. The van der Waals surface area contributed by atoms with E-state index >= 15 is 0 Å². The van der Waals surface area contributed by atoms with Crippen LogP contribution in [0.1, 0.15) is 57.7 Å². The molecule has 9 nitrogen and oxygen atoms in total. The number of nitriles is 1. The van der Waals surface area contributed by atoms with E-state index in [9.17, 15) is 9.59 Å². The van der Waals surface area contributed by atoms with Gasteiger partial charge in [-0.2, -0.15) is 5.26 Å². The van der Waals surface area contributed by atoms with E-state index in [1.807, 2.05) is 42.5 Å². The predicted octanol–water partition coefficient (Wildman–Crippen LogP) is 4.09. The number of carboxylic acid groups (broad SMARTS) is 1. The highest BCUT2D eigenvalue weighted by atomic mass is 16.5. The van der Waals surface area contributed by atoms with Gasteiger partial charge in [-0.3, -0.25) is 9.69 Å². The number of amides is 1. The molecule has 5 rings (SSSR count). The summed E-state index contributed by atoms with van der Waals surface area (Å²) in [5.41, 5.74) is 3.53. The second kappa shape index (κ2) is 12.6. The number of carbonyl (C=O) groups excluding carboxylic acids is 1. The standard InChI is InChI=1S/C31H33N5O4/c32-19-22-3-7-26(8-4-22)36-17-13-27(14-18-36)40-28-9-10-29(33-20-28)30(37)34-25-11-15-35(16-12-25)21-23-1-5-24(6-2-23)31(38)39/h1-10,20,25,27H,11-18,21H2,(H,34,37)(H,38,39). The highest BCUT2D eigenvalue weighted by molar-refractivity contribution is 5.92. The number of benzene rings is 2. The van der Waals surface area contributed by atoms with Crippen LogP contribution in [0.3, 0.4) is 0 Å². The molecule has 2 saturated heterocycles. The fraction of sp³-hybridized carbons (Fsp3) is 0.355. The average molecular weight is 540 g/mol. The maximum absolute atomic E-state index is 12.8. The Morgan fingerprint density at radius 1 is 0.950 bits per heavy atom. The first-order valence-electron chi connectivity index (χ1n) is 13.7. The molecule has 0 radical (unpaired) electrons. The lowest BCUT2D eigenvalue weighted by Gasteiger charge is -2.33. The highest BCUT2D eigenvalue weighted by Crippen LogP contribution is 2.24. The molecular formula is C31H33N5O4. The van der Waals surface area contributed by atoms with Crippen molar-refractivity contribution in [2.24, 2.45) is 0 Å². The first kappa shape index (κ1) is 27.2. The quantitative estimate of drug-likeness (QED) is 0.439. The molecule has 0 unspecified atom stereocenters. The molecule has 1 amide bonds. The zero-order valence-electron chi connectivity index (χ0n) is 22.3.